The second kappa shape index (κ2) is 7.33. The van der Waals surface area contributed by atoms with Crippen molar-refractivity contribution in [2.75, 3.05) is 19.0 Å². The van der Waals surface area contributed by atoms with E-state index in [9.17, 15) is 0 Å². The number of anilines is 1. The molecule has 1 aromatic carbocycles. The standard InChI is InChI=1S/C15H19N3O2/c1-3-8-16-15-10-17-12(9-18-15)11-20-14-7-5-4-6-13(14)19-2/h4-7,9-10H,3,8,11H2,1-2H3,(H,16,18). The molecule has 0 radical (unpaired) electrons. The summed E-state index contributed by atoms with van der Waals surface area (Å²) in [6.07, 6.45) is 4.49. The fraction of sp³-hybridized carbons (Fsp3) is 0.333. The quantitative estimate of drug-likeness (QED) is 0.840. The molecule has 0 aliphatic heterocycles. The minimum absolute atomic E-state index is 0.363. The van der Waals surface area contributed by atoms with Crippen LogP contribution in [0.3, 0.4) is 0 Å². The fourth-order valence-corrected chi connectivity index (χ4v) is 1.66. The maximum Gasteiger partial charge on any atom is 0.161 e. The van der Waals surface area contributed by atoms with E-state index in [4.69, 9.17) is 9.47 Å². The molecule has 0 aliphatic carbocycles. The van der Waals surface area contributed by atoms with E-state index in [0.29, 0.717) is 18.1 Å². The van der Waals surface area contributed by atoms with Gasteiger partial charge in [-0.15, -0.1) is 0 Å². The van der Waals surface area contributed by atoms with Crippen LogP contribution in [0.25, 0.3) is 0 Å². The Kier molecular flexibility index (Phi) is 5.17. The van der Waals surface area contributed by atoms with Crippen LogP contribution < -0.4 is 14.8 Å². The predicted octanol–water partition coefficient (Wildman–Crippen LogP) is 2.89. The Labute approximate surface area is 119 Å². The maximum absolute atomic E-state index is 5.69. The Morgan fingerprint density at radius 1 is 1.10 bits per heavy atom. The third kappa shape index (κ3) is 3.85. The summed E-state index contributed by atoms with van der Waals surface area (Å²) in [5.41, 5.74) is 0.776. The Bertz CT molecular complexity index is 529. The van der Waals surface area contributed by atoms with Crippen molar-refractivity contribution in [1.82, 2.24) is 9.97 Å². The molecule has 0 amide bonds. The molecule has 1 heterocycles. The van der Waals surface area contributed by atoms with E-state index in [-0.39, 0.29) is 0 Å². The van der Waals surface area contributed by atoms with Crippen molar-refractivity contribution in [1.29, 1.82) is 0 Å². The summed E-state index contributed by atoms with van der Waals surface area (Å²) in [5, 5.41) is 3.18. The monoisotopic (exact) mass is 273 g/mol. The van der Waals surface area contributed by atoms with Gasteiger partial charge in [-0.05, 0) is 18.6 Å². The van der Waals surface area contributed by atoms with E-state index in [1.54, 1.807) is 19.5 Å². The molecule has 0 saturated carbocycles. The first-order valence-corrected chi connectivity index (χ1v) is 6.64. The number of para-hydroxylation sites is 2. The van der Waals surface area contributed by atoms with Crippen LogP contribution in [0.5, 0.6) is 11.5 Å². The van der Waals surface area contributed by atoms with Crippen LogP contribution >= 0.6 is 0 Å². The van der Waals surface area contributed by atoms with Crippen molar-refractivity contribution in [2.24, 2.45) is 0 Å². The van der Waals surface area contributed by atoms with Crippen LogP contribution in [-0.2, 0) is 6.61 Å². The largest absolute Gasteiger partial charge is 0.493 e. The lowest BCUT2D eigenvalue weighted by Crippen LogP contribution is -2.05. The second-order valence-electron chi connectivity index (χ2n) is 4.26. The zero-order valence-electron chi connectivity index (χ0n) is 11.8. The Hall–Kier alpha value is -2.30. The number of rotatable bonds is 7. The summed E-state index contributed by atoms with van der Waals surface area (Å²) in [4.78, 5) is 8.60. The zero-order chi connectivity index (χ0) is 14.2. The van der Waals surface area contributed by atoms with E-state index in [0.717, 1.165) is 24.5 Å². The van der Waals surface area contributed by atoms with Gasteiger partial charge >= 0.3 is 0 Å². The minimum atomic E-state index is 0.363. The van der Waals surface area contributed by atoms with Crippen molar-refractivity contribution >= 4 is 5.82 Å². The van der Waals surface area contributed by atoms with Gasteiger partial charge in [0.05, 0.1) is 25.2 Å². The van der Waals surface area contributed by atoms with Gasteiger partial charge in [-0.1, -0.05) is 19.1 Å². The first-order chi connectivity index (χ1) is 9.83. The number of nitrogens with one attached hydrogen (secondary N) is 1. The number of methoxy groups -OCH3 is 1. The molecule has 106 valence electrons. The molecule has 1 N–H and O–H groups in total. The van der Waals surface area contributed by atoms with Gasteiger partial charge in [0.25, 0.3) is 0 Å². The van der Waals surface area contributed by atoms with Crippen molar-refractivity contribution in [3.05, 3.63) is 42.4 Å². The normalized spacial score (nSPS) is 10.1. The lowest BCUT2D eigenvalue weighted by molar-refractivity contribution is 0.280. The third-order valence-electron chi connectivity index (χ3n) is 2.71. The highest BCUT2D eigenvalue weighted by Crippen LogP contribution is 2.26. The number of nitrogens with zero attached hydrogens (tertiary/aromatic N) is 2. The molecule has 2 aromatic rings. The van der Waals surface area contributed by atoms with Crippen LogP contribution in [0, 0.1) is 0 Å². The van der Waals surface area contributed by atoms with Crippen molar-refractivity contribution in [3.63, 3.8) is 0 Å². The Balaban J connectivity index is 1.93. The first-order valence-electron chi connectivity index (χ1n) is 6.64. The molecular weight excluding hydrogens is 254 g/mol. The van der Waals surface area contributed by atoms with Crippen molar-refractivity contribution < 1.29 is 9.47 Å². The maximum atomic E-state index is 5.69. The molecule has 0 bridgehead atoms. The topological polar surface area (TPSA) is 56.3 Å². The number of benzene rings is 1. The van der Waals surface area contributed by atoms with Gasteiger partial charge in [0.2, 0.25) is 0 Å². The lowest BCUT2D eigenvalue weighted by Gasteiger charge is -2.10. The van der Waals surface area contributed by atoms with Gasteiger partial charge in [-0.25, -0.2) is 4.98 Å². The summed E-state index contributed by atoms with van der Waals surface area (Å²) in [6.45, 7) is 3.36. The van der Waals surface area contributed by atoms with Crippen LogP contribution in [0.1, 0.15) is 19.0 Å². The third-order valence-corrected chi connectivity index (χ3v) is 2.71. The molecular formula is C15H19N3O2. The molecule has 0 aliphatic rings. The van der Waals surface area contributed by atoms with Gasteiger partial charge < -0.3 is 14.8 Å². The van der Waals surface area contributed by atoms with E-state index >= 15 is 0 Å². The van der Waals surface area contributed by atoms with E-state index < -0.39 is 0 Å². The number of hydrogen-bond donors (Lipinski definition) is 1. The predicted molar refractivity (Wildman–Crippen MR) is 78.1 cm³/mol. The van der Waals surface area contributed by atoms with Gasteiger partial charge in [0, 0.05) is 6.54 Å². The minimum Gasteiger partial charge on any atom is -0.493 e. The van der Waals surface area contributed by atoms with Gasteiger partial charge in [0.15, 0.2) is 11.5 Å². The summed E-state index contributed by atoms with van der Waals surface area (Å²) < 4.78 is 10.9. The number of ether oxygens (including phenoxy) is 2. The van der Waals surface area contributed by atoms with Gasteiger partial charge in [-0.3, -0.25) is 4.98 Å². The molecule has 0 atom stereocenters. The average molecular weight is 273 g/mol. The summed E-state index contributed by atoms with van der Waals surface area (Å²) in [5.74, 6) is 2.19. The number of aromatic nitrogens is 2. The molecule has 0 saturated heterocycles. The highest BCUT2D eigenvalue weighted by Gasteiger charge is 2.04. The molecule has 0 fully saturated rings. The van der Waals surface area contributed by atoms with Crippen LogP contribution in [0.4, 0.5) is 5.82 Å². The van der Waals surface area contributed by atoms with Crippen molar-refractivity contribution in [2.45, 2.75) is 20.0 Å². The second-order valence-corrected chi connectivity index (χ2v) is 4.26. The Morgan fingerprint density at radius 2 is 1.90 bits per heavy atom. The Morgan fingerprint density at radius 3 is 2.55 bits per heavy atom. The SMILES string of the molecule is CCCNc1cnc(COc2ccccc2OC)cn1. The molecule has 20 heavy (non-hydrogen) atoms. The first kappa shape index (κ1) is 14.1. The molecule has 0 unspecified atom stereocenters. The fourth-order valence-electron chi connectivity index (χ4n) is 1.66. The smallest absolute Gasteiger partial charge is 0.161 e. The van der Waals surface area contributed by atoms with E-state index in [2.05, 4.69) is 22.2 Å². The summed E-state index contributed by atoms with van der Waals surface area (Å²) in [6, 6.07) is 7.53. The average Bonchev–Trinajstić information content (AvgIpc) is 2.52. The highest BCUT2D eigenvalue weighted by molar-refractivity contribution is 5.39. The van der Waals surface area contributed by atoms with Crippen LogP contribution in [0.15, 0.2) is 36.7 Å². The molecule has 5 heteroatoms. The molecule has 5 nitrogen and oxygen atoms in total. The van der Waals surface area contributed by atoms with Crippen LogP contribution in [0.2, 0.25) is 0 Å². The summed E-state index contributed by atoms with van der Waals surface area (Å²) in [7, 11) is 1.62. The van der Waals surface area contributed by atoms with Crippen molar-refractivity contribution in [3.8, 4) is 11.5 Å². The molecule has 2 rings (SSSR count). The van der Waals surface area contributed by atoms with E-state index in [1.165, 1.54) is 0 Å². The lowest BCUT2D eigenvalue weighted by atomic mass is 10.3. The highest BCUT2D eigenvalue weighted by atomic mass is 16.5. The molecule has 1 aromatic heterocycles. The van der Waals surface area contributed by atoms with E-state index in [1.807, 2.05) is 24.3 Å². The summed E-state index contributed by atoms with van der Waals surface area (Å²) >= 11 is 0. The van der Waals surface area contributed by atoms with Crippen LogP contribution in [-0.4, -0.2) is 23.6 Å². The van der Waals surface area contributed by atoms with Gasteiger partial charge in [-0.2, -0.15) is 0 Å². The number of hydrogen-bond acceptors (Lipinski definition) is 5. The zero-order valence-corrected chi connectivity index (χ0v) is 11.8. The van der Waals surface area contributed by atoms with Gasteiger partial charge in [0.1, 0.15) is 12.4 Å². The molecule has 0 spiro atoms.